The van der Waals surface area contributed by atoms with Crippen LogP contribution in [0.25, 0.3) is 0 Å². The van der Waals surface area contributed by atoms with E-state index in [-0.39, 0.29) is 37.0 Å². The third kappa shape index (κ3) is 62.3. The molecule has 7 heteroatoms. The van der Waals surface area contributed by atoms with Gasteiger partial charge in [0.2, 0.25) is 0 Å². The maximum absolute atomic E-state index is 9.60. The van der Waals surface area contributed by atoms with Crippen LogP contribution in [0.4, 0.5) is 0 Å². The quantitative estimate of drug-likeness (QED) is 0.331. The predicted octanol–water partition coefficient (Wildman–Crippen LogP) is 2.85. The largest absolute Gasteiger partial charge is 0.478 e. The fraction of sp³-hybridized carbons (Fsp3) is 0.625. The van der Waals surface area contributed by atoms with Crippen molar-refractivity contribution in [2.24, 2.45) is 0 Å². The Bertz CT molecular complexity index is 245. The molecule has 0 aliphatic rings. The second kappa shape index (κ2) is 29.2. The molecule has 0 unspecified atom stereocenters. The van der Waals surface area contributed by atoms with E-state index in [0.29, 0.717) is 13.2 Å². The van der Waals surface area contributed by atoms with E-state index in [1.165, 1.54) is 13.8 Å². The Morgan fingerprint density at radius 1 is 0.783 bits per heavy atom. The van der Waals surface area contributed by atoms with Crippen molar-refractivity contribution in [1.82, 2.24) is 0 Å². The van der Waals surface area contributed by atoms with Gasteiger partial charge in [-0.2, -0.15) is 0 Å². The van der Waals surface area contributed by atoms with Crippen molar-refractivity contribution in [2.75, 3.05) is 13.2 Å². The molecule has 0 radical (unpaired) electrons. The first-order valence-corrected chi connectivity index (χ1v) is 7.11. The van der Waals surface area contributed by atoms with E-state index in [9.17, 15) is 9.59 Å². The zero-order chi connectivity index (χ0) is 18.6. The molecule has 0 amide bonds. The first kappa shape index (κ1) is 33.7. The van der Waals surface area contributed by atoms with Gasteiger partial charge in [0.1, 0.15) is 0 Å². The van der Waals surface area contributed by atoms with Gasteiger partial charge in [0, 0.05) is 50.2 Å². The summed E-state index contributed by atoms with van der Waals surface area (Å²) in [6.45, 7) is 14.0. The van der Waals surface area contributed by atoms with E-state index in [1.54, 1.807) is 0 Å². The van der Waals surface area contributed by atoms with Gasteiger partial charge in [-0.1, -0.05) is 39.8 Å². The first-order valence-electron chi connectivity index (χ1n) is 7.11. The molecular formula is C16H32HfO6. The molecule has 4 N–H and O–H groups in total. The van der Waals surface area contributed by atoms with Crippen molar-refractivity contribution in [3.63, 3.8) is 0 Å². The third-order valence-electron chi connectivity index (χ3n) is 1.75. The molecule has 136 valence electrons. The molecule has 0 spiro atoms. The van der Waals surface area contributed by atoms with E-state index < -0.39 is 11.9 Å². The molecule has 0 aromatic carbocycles. The summed E-state index contributed by atoms with van der Waals surface area (Å²) in [6.07, 6.45) is 4.08. The average molecular weight is 499 g/mol. The Morgan fingerprint density at radius 2 is 0.957 bits per heavy atom. The SMILES string of the molecule is C=C(C)C(=O)O.C=C(C)C(=O)O.CCCCO.CCCCO.[Hf]. The van der Waals surface area contributed by atoms with E-state index >= 15 is 0 Å². The van der Waals surface area contributed by atoms with E-state index in [2.05, 4.69) is 27.0 Å². The smallest absolute Gasteiger partial charge is 0.330 e. The van der Waals surface area contributed by atoms with Crippen LogP contribution in [-0.4, -0.2) is 45.6 Å². The molecule has 0 aromatic heterocycles. The van der Waals surface area contributed by atoms with Gasteiger partial charge in [-0.15, -0.1) is 0 Å². The van der Waals surface area contributed by atoms with Crippen LogP contribution in [-0.2, 0) is 35.4 Å². The number of hydrogen-bond donors (Lipinski definition) is 4. The van der Waals surface area contributed by atoms with Crippen LogP contribution in [0.2, 0.25) is 0 Å². The average Bonchev–Trinajstić information content (AvgIpc) is 2.42. The molecule has 6 nitrogen and oxygen atoms in total. The van der Waals surface area contributed by atoms with Crippen LogP contribution >= 0.6 is 0 Å². The summed E-state index contributed by atoms with van der Waals surface area (Å²) < 4.78 is 0. The molecule has 0 saturated heterocycles. The number of carboxylic acid groups (broad SMARTS) is 2. The zero-order valence-electron chi connectivity index (χ0n) is 14.8. The van der Waals surface area contributed by atoms with Crippen LogP contribution in [0.15, 0.2) is 24.3 Å². The Balaban J connectivity index is -0.0000000620. The van der Waals surface area contributed by atoms with E-state index in [0.717, 1.165) is 25.7 Å². The molecule has 0 bridgehead atoms. The maximum atomic E-state index is 9.60. The van der Waals surface area contributed by atoms with Gasteiger partial charge in [0.05, 0.1) is 0 Å². The summed E-state index contributed by atoms with van der Waals surface area (Å²) >= 11 is 0. The van der Waals surface area contributed by atoms with Crippen LogP contribution in [0.3, 0.4) is 0 Å². The summed E-state index contributed by atoms with van der Waals surface area (Å²) in [6, 6.07) is 0. The van der Waals surface area contributed by atoms with Crippen LogP contribution in [0.5, 0.6) is 0 Å². The second-order valence-corrected chi connectivity index (χ2v) is 4.33. The van der Waals surface area contributed by atoms with Gasteiger partial charge in [-0.25, -0.2) is 9.59 Å². The molecule has 0 rings (SSSR count). The minimum absolute atomic E-state index is 0. The Labute approximate surface area is 158 Å². The number of hydrogen-bond acceptors (Lipinski definition) is 4. The summed E-state index contributed by atoms with van der Waals surface area (Å²) in [5.74, 6) is -1.87. The number of rotatable bonds is 6. The van der Waals surface area contributed by atoms with Gasteiger partial charge in [-0.3, -0.25) is 0 Å². The number of carboxylic acids is 2. The Kier molecular flexibility index (Phi) is 42.9. The van der Waals surface area contributed by atoms with E-state index in [1.807, 2.05) is 0 Å². The van der Waals surface area contributed by atoms with Crippen molar-refractivity contribution < 1.29 is 55.9 Å². The molecule has 0 aliphatic carbocycles. The van der Waals surface area contributed by atoms with E-state index in [4.69, 9.17) is 20.4 Å². The number of aliphatic hydroxyl groups is 2. The minimum Gasteiger partial charge on any atom is -0.478 e. The predicted molar refractivity (Wildman–Crippen MR) is 88.9 cm³/mol. The van der Waals surface area contributed by atoms with Crippen molar-refractivity contribution in [1.29, 1.82) is 0 Å². The number of aliphatic carboxylic acids is 2. The van der Waals surface area contributed by atoms with Crippen LogP contribution < -0.4 is 0 Å². The number of unbranched alkanes of at least 4 members (excludes halogenated alkanes) is 2. The van der Waals surface area contributed by atoms with Gasteiger partial charge in [0.15, 0.2) is 0 Å². The summed E-state index contributed by atoms with van der Waals surface area (Å²) in [4.78, 5) is 19.2. The first-order chi connectivity index (χ1) is 10.1. The maximum Gasteiger partial charge on any atom is 0.330 e. The third-order valence-corrected chi connectivity index (χ3v) is 1.75. The topological polar surface area (TPSA) is 115 Å². The standard InChI is InChI=1S/2C4H6O2.2C4H10O.Hf/c2*1-3(2)4(5)6;2*1-2-3-4-5;/h2*1H2,2H3,(H,5,6);2*5H,2-4H2,1H3;. The molecule has 0 aliphatic heterocycles. The van der Waals surface area contributed by atoms with Crippen molar-refractivity contribution >= 4 is 11.9 Å². The monoisotopic (exact) mass is 500 g/mol. The molecule has 0 saturated carbocycles. The molecule has 23 heavy (non-hydrogen) atoms. The summed E-state index contributed by atoms with van der Waals surface area (Å²) in [5, 5.41) is 31.9. The normalized spacial score (nSPS) is 7.57. The van der Waals surface area contributed by atoms with Crippen molar-refractivity contribution in [2.45, 2.75) is 53.4 Å². The van der Waals surface area contributed by atoms with Gasteiger partial charge in [0.25, 0.3) is 0 Å². The summed E-state index contributed by atoms with van der Waals surface area (Å²) in [7, 11) is 0. The molecule has 0 aromatic rings. The summed E-state index contributed by atoms with van der Waals surface area (Å²) in [5.41, 5.74) is 0.352. The zero-order valence-corrected chi connectivity index (χ0v) is 18.4. The van der Waals surface area contributed by atoms with Crippen molar-refractivity contribution in [3.8, 4) is 0 Å². The van der Waals surface area contributed by atoms with Gasteiger partial charge in [-0.05, 0) is 26.7 Å². The number of carbonyl (C=O) groups is 2. The van der Waals surface area contributed by atoms with Crippen LogP contribution in [0.1, 0.15) is 53.4 Å². The second-order valence-electron chi connectivity index (χ2n) is 4.33. The minimum atomic E-state index is -0.935. The Hall–Kier alpha value is -0.790. The molecule has 0 atom stereocenters. The fourth-order valence-corrected chi connectivity index (χ4v) is 0.316. The fourth-order valence-electron chi connectivity index (χ4n) is 0.316. The number of aliphatic hydroxyl groups excluding tert-OH is 2. The van der Waals surface area contributed by atoms with Crippen molar-refractivity contribution in [3.05, 3.63) is 24.3 Å². The Morgan fingerprint density at radius 3 is 0.957 bits per heavy atom. The molecule has 0 fully saturated rings. The van der Waals surface area contributed by atoms with Gasteiger partial charge >= 0.3 is 11.9 Å². The van der Waals surface area contributed by atoms with Crippen LogP contribution in [0, 0.1) is 0 Å². The molecular weight excluding hydrogens is 467 g/mol. The van der Waals surface area contributed by atoms with Gasteiger partial charge < -0.3 is 20.4 Å². The molecule has 0 heterocycles.